The van der Waals surface area contributed by atoms with Crippen LogP contribution in [0.4, 0.5) is 11.4 Å². The van der Waals surface area contributed by atoms with E-state index in [2.05, 4.69) is 72.8 Å². The molecule has 0 bridgehead atoms. The number of fused-ring (bicyclic) bond motifs is 1. The summed E-state index contributed by atoms with van der Waals surface area (Å²) < 4.78 is 0. The molecule has 104 valence electrons. The fourth-order valence-electron chi connectivity index (χ4n) is 2.49. The number of nitrogens with one attached hydrogen (secondary N) is 1. The van der Waals surface area contributed by atoms with Crippen molar-refractivity contribution in [2.45, 2.75) is 16.6 Å². The smallest absolute Gasteiger partial charge is 0.0381 e. The summed E-state index contributed by atoms with van der Waals surface area (Å²) in [6.45, 7) is 1.01. The Morgan fingerprint density at radius 2 is 2.00 bits per heavy atom. The summed E-state index contributed by atoms with van der Waals surface area (Å²) in [4.78, 5) is 3.58. The highest BCUT2D eigenvalue weighted by Crippen LogP contribution is 2.36. The molecule has 1 aliphatic rings. The summed E-state index contributed by atoms with van der Waals surface area (Å²) in [6, 6.07) is 17.3. The molecule has 0 fully saturated rings. The number of benzene rings is 2. The van der Waals surface area contributed by atoms with Crippen molar-refractivity contribution in [2.75, 3.05) is 30.9 Å². The fourth-order valence-corrected chi connectivity index (χ4v) is 3.74. The van der Waals surface area contributed by atoms with E-state index >= 15 is 0 Å². The zero-order valence-electron chi connectivity index (χ0n) is 12.0. The first-order valence-corrected chi connectivity index (χ1v) is 7.86. The molecule has 20 heavy (non-hydrogen) atoms. The van der Waals surface area contributed by atoms with E-state index in [4.69, 9.17) is 0 Å². The number of anilines is 2. The molecule has 1 aliphatic heterocycles. The van der Waals surface area contributed by atoms with Crippen LogP contribution in [0.15, 0.2) is 53.4 Å². The summed E-state index contributed by atoms with van der Waals surface area (Å²) >= 11 is 1.99. The third-order valence-corrected chi connectivity index (χ3v) is 4.93. The van der Waals surface area contributed by atoms with E-state index in [-0.39, 0.29) is 0 Å². The molecule has 2 nitrogen and oxygen atoms in total. The van der Waals surface area contributed by atoms with Crippen LogP contribution in [0, 0.1) is 0 Å². The van der Waals surface area contributed by atoms with Crippen molar-refractivity contribution >= 4 is 23.1 Å². The van der Waals surface area contributed by atoms with Crippen LogP contribution in [0.25, 0.3) is 0 Å². The first-order chi connectivity index (χ1) is 9.72. The molecule has 0 radical (unpaired) electrons. The van der Waals surface area contributed by atoms with Crippen LogP contribution in [-0.2, 0) is 6.42 Å². The number of nitrogens with zero attached hydrogens (tertiary/aromatic N) is 1. The summed E-state index contributed by atoms with van der Waals surface area (Å²) in [5.41, 5.74) is 3.93. The Hall–Kier alpha value is -1.61. The summed E-state index contributed by atoms with van der Waals surface area (Å²) in [7, 11) is 4.14. The van der Waals surface area contributed by atoms with Gasteiger partial charge in [-0.05, 0) is 36.2 Å². The Morgan fingerprint density at radius 1 is 1.15 bits per heavy atom. The SMILES string of the molecule is CN(C)c1cccc(NCC2Cc3ccccc3S2)c1. The highest BCUT2D eigenvalue weighted by atomic mass is 32.2. The summed E-state index contributed by atoms with van der Waals surface area (Å²) in [6.07, 6.45) is 1.17. The summed E-state index contributed by atoms with van der Waals surface area (Å²) in [5, 5.41) is 4.20. The van der Waals surface area contributed by atoms with Crippen LogP contribution in [0.5, 0.6) is 0 Å². The Morgan fingerprint density at radius 3 is 2.80 bits per heavy atom. The van der Waals surface area contributed by atoms with Gasteiger partial charge in [-0.2, -0.15) is 0 Å². The van der Waals surface area contributed by atoms with Gasteiger partial charge in [0.2, 0.25) is 0 Å². The first-order valence-electron chi connectivity index (χ1n) is 6.98. The molecule has 3 rings (SSSR count). The number of rotatable bonds is 4. The van der Waals surface area contributed by atoms with E-state index in [0.717, 1.165) is 6.54 Å². The van der Waals surface area contributed by atoms with E-state index in [9.17, 15) is 0 Å². The monoisotopic (exact) mass is 284 g/mol. The van der Waals surface area contributed by atoms with Crippen LogP contribution >= 0.6 is 11.8 Å². The van der Waals surface area contributed by atoms with Gasteiger partial charge in [0.15, 0.2) is 0 Å². The Bertz CT molecular complexity index is 570. The summed E-state index contributed by atoms with van der Waals surface area (Å²) in [5.74, 6) is 0. The molecule has 3 heteroatoms. The lowest BCUT2D eigenvalue weighted by atomic mass is 10.1. The molecule has 1 atom stereocenters. The van der Waals surface area contributed by atoms with Crippen molar-refractivity contribution in [3.05, 3.63) is 54.1 Å². The average molecular weight is 284 g/mol. The van der Waals surface area contributed by atoms with Gasteiger partial charge < -0.3 is 10.2 Å². The van der Waals surface area contributed by atoms with Crippen molar-refractivity contribution in [3.63, 3.8) is 0 Å². The molecule has 0 saturated heterocycles. The maximum absolute atomic E-state index is 3.57. The lowest BCUT2D eigenvalue weighted by Gasteiger charge is -2.16. The second-order valence-corrected chi connectivity index (χ2v) is 6.72. The van der Waals surface area contributed by atoms with Crippen LogP contribution in [0.1, 0.15) is 5.56 Å². The minimum absolute atomic E-state index is 0.635. The van der Waals surface area contributed by atoms with Gasteiger partial charge in [0.25, 0.3) is 0 Å². The second kappa shape index (κ2) is 5.80. The molecule has 1 heterocycles. The largest absolute Gasteiger partial charge is 0.384 e. The zero-order chi connectivity index (χ0) is 13.9. The van der Waals surface area contributed by atoms with E-state index in [1.54, 1.807) is 0 Å². The molecule has 0 amide bonds. The maximum atomic E-state index is 3.57. The van der Waals surface area contributed by atoms with Crippen LogP contribution in [0.2, 0.25) is 0 Å². The van der Waals surface area contributed by atoms with Gasteiger partial charge in [0.05, 0.1) is 0 Å². The molecule has 1 N–H and O–H groups in total. The average Bonchev–Trinajstić information content (AvgIpc) is 2.88. The second-order valence-electron chi connectivity index (χ2n) is 5.38. The predicted octanol–water partition coefficient (Wildman–Crippen LogP) is 3.88. The number of hydrogen-bond donors (Lipinski definition) is 1. The first kappa shape index (κ1) is 13.4. The fraction of sp³-hybridized carbons (Fsp3) is 0.294. The van der Waals surface area contributed by atoms with Crippen molar-refractivity contribution in [1.82, 2.24) is 0 Å². The Balaban J connectivity index is 1.60. The van der Waals surface area contributed by atoms with E-state index in [0.29, 0.717) is 5.25 Å². The molecule has 2 aromatic carbocycles. The molecule has 0 saturated carbocycles. The maximum Gasteiger partial charge on any atom is 0.0381 e. The van der Waals surface area contributed by atoms with Gasteiger partial charge in [-0.1, -0.05) is 24.3 Å². The Labute approximate surface area is 125 Å². The van der Waals surface area contributed by atoms with E-state index < -0.39 is 0 Å². The molecule has 1 unspecified atom stereocenters. The van der Waals surface area contributed by atoms with E-state index in [1.807, 2.05) is 11.8 Å². The minimum atomic E-state index is 0.635. The van der Waals surface area contributed by atoms with Gasteiger partial charge in [-0.15, -0.1) is 11.8 Å². The third kappa shape index (κ3) is 2.93. The van der Waals surface area contributed by atoms with Crippen molar-refractivity contribution in [2.24, 2.45) is 0 Å². The van der Waals surface area contributed by atoms with Crippen molar-refractivity contribution in [1.29, 1.82) is 0 Å². The normalized spacial score (nSPS) is 16.8. The van der Waals surface area contributed by atoms with Gasteiger partial charge >= 0.3 is 0 Å². The van der Waals surface area contributed by atoms with Crippen molar-refractivity contribution in [3.8, 4) is 0 Å². The molecular weight excluding hydrogens is 264 g/mol. The quantitative estimate of drug-likeness (QED) is 0.917. The standard InChI is InChI=1S/C17H20N2S/c1-19(2)15-8-5-7-14(11-15)18-12-16-10-13-6-3-4-9-17(13)20-16/h3-9,11,16,18H,10,12H2,1-2H3. The predicted molar refractivity (Wildman–Crippen MR) is 89.0 cm³/mol. The Kier molecular flexibility index (Phi) is 3.88. The van der Waals surface area contributed by atoms with Gasteiger partial charge in [0.1, 0.15) is 0 Å². The highest BCUT2D eigenvalue weighted by molar-refractivity contribution is 8.00. The minimum Gasteiger partial charge on any atom is -0.384 e. The highest BCUT2D eigenvalue weighted by Gasteiger charge is 2.21. The van der Waals surface area contributed by atoms with Gasteiger partial charge in [-0.25, -0.2) is 0 Å². The lowest BCUT2D eigenvalue weighted by Crippen LogP contribution is -2.16. The van der Waals surface area contributed by atoms with Gasteiger partial charge in [0, 0.05) is 42.2 Å². The number of hydrogen-bond acceptors (Lipinski definition) is 3. The third-order valence-electron chi connectivity index (χ3n) is 3.61. The van der Waals surface area contributed by atoms with Gasteiger partial charge in [-0.3, -0.25) is 0 Å². The van der Waals surface area contributed by atoms with Crippen molar-refractivity contribution < 1.29 is 0 Å². The molecule has 0 aliphatic carbocycles. The number of thioether (sulfide) groups is 1. The molecular formula is C17H20N2S. The van der Waals surface area contributed by atoms with Crippen LogP contribution in [-0.4, -0.2) is 25.9 Å². The molecule has 2 aromatic rings. The lowest BCUT2D eigenvalue weighted by molar-refractivity contribution is 0.899. The van der Waals surface area contributed by atoms with E-state index in [1.165, 1.54) is 28.3 Å². The van der Waals surface area contributed by atoms with Crippen LogP contribution < -0.4 is 10.2 Å². The zero-order valence-corrected chi connectivity index (χ0v) is 12.8. The molecule has 0 aromatic heterocycles. The topological polar surface area (TPSA) is 15.3 Å². The molecule has 0 spiro atoms. The van der Waals surface area contributed by atoms with Crippen LogP contribution in [0.3, 0.4) is 0 Å².